The monoisotopic (exact) mass is 499 g/mol. The van der Waals surface area contributed by atoms with Crippen molar-refractivity contribution in [1.82, 2.24) is 24.1 Å². The minimum atomic E-state index is 0.418. The zero-order valence-corrected chi connectivity index (χ0v) is 20.7. The smallest absolute Gasteiger partial charge is 0.211 e. The third-order valence-corrected chi connectivity index (χ3v) is 7.91. The number of thiazole rings is 1. The second kappa shape index (κ2) is 8.56. The standard InChI is InChI=1S/C23H19Cl2N5S2/c1-13(2)31-22-21(15-4-6-18(24)19(25)10-15)27-23(32-22)30-12-17(14(3)28-30)16-5-7-20-26-8-9-29(20)11-16/h4-13H,1-3H3. The summed E-state index contributed by atoms with van der Waals surface area (Å²) in [5.41, 5.74) is 5.84. The SMILES string of the molecule is Cc1nn(-c2nc(-c3ccc(Cl)c(Cl)c3)c(SC(C)C)s2)cc1-c1ccc2nccn2c1. The summed E-state index contributed by atoms with van der Waals surface area (Å²) in [6.45, 7) is 6.36. The first-order valence-electron chi connectivity index (χ1n) is 10.0. The van der Waals surface area contributed by atoms with Gasteiger partial charge < -0.3 is 4.40 Å². The molecule has 32 heavy (non-hydrogen) atoms. The van der Waals surface area contributed by atoms with Crippen molar-refractivity contribution >= 4 is 51.9 Å². The fourth-order valence-corrected chi connectivity index (χ4v) is 6.18. The molecule has 0 saturated heterocycles. The number of halogens is 2. The van der Waals surface area contributed by atoms with Crippen LogP contribution in [0.1, 0.15) is 19.5 Å². The largest absolute Gasteiger partial charge is 0.306 e. The van der Waals surface area contributed by atoms with Gasteiger partial charge in [0, 0.05) is 46.7 Å². The van der Waals surface area contributed by atoms with Crippen molar-refractivity contribution in [3.05, 3.63) is 70.9 Å². The molecule has 0 atom stereocenters. The van der Waals surface area contributed by atoms with Crippen LogP contribution < -0.4 is 0 Å². The van der Waals surface area contributed by atoms with Crippen LogP contribution in [0, 0.1) is 6.92 Å². The summed E-state index contributed by atoms with van der Waals surface area (Å²) in [4.78, 5) is 9.26. The number of nitrogens with zero attached hydrogens (tertiary/aromatic N) is 5. The fraction of sp³-hybridized carbons (Fsp3) is 0.174. The second-order valence-corrected chi connectivity index (χ2v) is 11.2. The summed E-state index contributed by atoms with van der Waals surface area (Å²) < 4.78 is 5.00. The van der Waals surface area contributed by atoms with Crippen LogP contribution in [0.25, 0.3) is 33.2 Å². The molecule has 9 heteroatoms. The van der Waals surface area contributed by atoms with E-state index in [1.165, 1.54) is 0 Å². The van der Waals surface area contributed by atoms with Gasteiger partial charge in [-0.25, -0.2) is 14.6 Å². The van der Waals surface area contributed by atoms with Crippen molar-refractivity contribution in [3.63, 3.8) is 0 Å². The van der Waals surface area contributed by atoms with E-state index in [0.717, 1.165) is 43.1 Å². The number of imidazole rings is 1. The second-order valence-electron chi connectivity index (χ2n) is 7.61. The van der Waals surface area contributed by atoms with E-state index in [9.17, 15) is 0 Å². The lowest BCUT2D eigenvalue weighted by atomic mass is 10.1. The first-order valence-corrected chi connectivity index (χ1v) is 12.5. The minimum absolute atomic E-state index is 0.418. The lowest BCUT2D eigenvalue weighted by Gasteiger charge is -2.05. The van der Waals surface area contributed by atoms with Crippen LogP contribution >= 0.6 is 46.3 Å². The summed E-state index contributed by atoms with van der Waals surface area (Å²) >= 11 is 15.8. The van der Waals surface area contributed by atoms with E-state index in [0.29, 0.717) is 15.3 Å². The quantitative estimate of drug-likeness (QED) is 0.236. The summed E-state index contributed by atoms with van der Waals surface area (Å²) in [7, 11) is 0. The maximum absolute atomic E-state index is 6.28. The van der Waals surface area contributed by atoms with E-state index in [1.807, 2.05) is 52.7 Å². The average Bonchev–Trinajstić information content (AvgIpc) is 3.47. The van der Waals surface area contributed by atoms with Crippen molar-refractivity contribution in [3.8, 4) is 27.5 Å². The van der Waals surface area contributed by atoms with Crippen molar-refractivity contribution < 1.29 is 0 Å². The molecule has 0 aliphatic rings. The van der Waals surface area contributed by atoms with E-state index in [-0.39, 0.29) is 0 Å². The van der Waals surface area contributed by atoms with E-state index >= 15 is 0 Å². The maximum atomic E-state index is 6.28. The Bertz CT molecular complexity index is 1430. The van der Waals surface area contributed by atoms with Gasteiger partial charge in [0.1, 0.15) is 5.65 Å². The molecule has 0 aliphatic heterocycles. The van der Waals surface area contributed by atoms with Gasteiger partial charge in [0.15, 0.2) is 0 Å². The molecule has 0 radical (unpaired) electrons. The van der Waals surface area contributed by atoms with Crippen molar-refractivity contribution in [1.29, 1.82) is 0 Å². The lowest BCUT2D eigenvalue weighted by Crippen LogP contribution is -1.94. The van der Waals surface area contributed by atoms with E-state index in [4.69, 9.17) is 33.3 Å². The Morgan fingerprint density at radius 1 is 1.03 bits per heavy atom. The number of hydrogen-bond acceptors (Lipinski definition) is 5. The molecular weight excluding hydrogens is 481 g/mol. The van der Waals surface area contributed by atoms with Crippen molar-refractivity contribution in [2.24, 2.45) is 0 Å². The molecule has 5 rings (SSSR count). The molecular formula is C23H19Cl2N5S2. The molecule has 0 unspecified atom stereocenters. The Labute approximate surface area is 204 Å². The number of rotatable bonds is 5. The average molecular weight is 500 g/mol. The Kier molecular flexibility index (Phi) is 5.75. The molecule has 4 aromatic heterocycles. The number of thioether (sulfide) groups is 1. The first-order chi connectivity index (χ1) is 15.4. The third-order valence-electron chi connectivity index (χ3n) is 4.92. The molecule has 162 valence electrons. The molecule has 0 bridgehead atoms. The Morgan fingerprint density at radius 2 is 1.84 bits per heavy atom. The summed E-state index contributed by atoms with van der Waals surface area (Å²) in [5.74, 6) is 0. The molecule has 5 aromatic rings. The molecule has 0 aliphatic carbocycles. The topological polar surface area (TPSA) is 48.0 Å². The van der Waals surface area contributed by atoms with Gasteiger partial charge in [-0.15, -0.1) is 11.8 Å². The van der Waals surface area contributed by atoms with E-state index in [2.05, 4.69) is 31.1 Å². The number of pyridine rings is 1. The highest BCUT2D eigenvalue weighted by Crippen LogP contribution is 2.41. The molecule has 0 N–H and O–H groups in total. The Balaban J connectivity index is 1.58. The number of aryl methyl sites for hydroxylation is 1. The predicted octanol–water partition coefficient (Wildman–Crippen LogP) is 7.43. The normalized spacial score (nSPS) is 11.7. The van der Waals surface area contributed by atoms with E-state index in [1.54, 1.807) is 29.3 Å². The molecule has 4 heterocycles. The van der Waals surface area contributed by atoms with Crippen molar-refractivity contribution in [2.45, 2.75) is 30.2 Å². The van der Waals surface area contributed by atoms with E-state index < -0.39 is 0 Å². The van der Waals surface area contributed by atoms with Crippen LogP contribution in [0.5, 0.6) is 0 Å². The highest BCUT2D eigenvalue weighted by atomic mass is 35.5. The highest BCUT2D eigenvalue weighted by Gasteiger charge is 2.19. The molecule has 5 nitrogen and oxygen atoms in total. The number of aromatic nitrogens is 5. The summed E-state index contributed by atoms with van der Waals surface area (Å²) in [6, 6.07) is 9.71. The lowest BCUT2D eigenvalue weighted by molar-refractivity contribution is 0.853. The van der Waals surface area contributed by atoms with Crippen LogP contribution in [0.3, 0.4) is 0 Å². The van der Waals surface area contributed by atoms with Crippen LogP contribution in [0.15, 0.2) is 59.3 Å². The van der Waals surface area contributed by atoms with Gasteiger partial charge >= 0.3 is 0 Å². The fourth-order valence-electron chi connectivity index (χ4n) is 3.43. The van der Waals surface area contributed by atoms with Gasteiger partial charge in [-0.1, -0.05) is 54.5 Å². The first kappa shape index (κ1) is 21.5. The van der Waals surface area contributed by atoms with Crippen LogP contribution in [-0.4, -0.2) is 29.4 Å². The van der Waals surface area contributed by atoms with Crippen molar-refractivity contribution in [2.75, 3.05) is 0 Å². The molecule has 0 amide bonds. The maximum Gasteiger partial charge on any atom is 0.211 e. The van der Waals surface area contributed by atoms with Crippen LogP contribution in [0.2, 0.25) is 10.0 Å². The van der Waals surface area contributed by atoms with Gasteiger partial charge in [0.05, 0.1) is 25.6 Å². The van der Waals surface area contributed by atoms with Crippen LogP contribution in [-0.2, 0) is 0 Å². The van der Waals surface area contributed by atoms with Gasteiger partial charge in [-0.05, 0) is 31.2 Å². The molecule has 0 fully saturated rings. The minimum Gasteiger partial charge on any atom is -0.306 e. The van der Waals surface area contributed by atoms with Gasteiger partial charge in [-0.3, -0.25) is 0 Å². The zero-order chi connectivity index (χ0) is 22.4. The number of hydrogen-bond donors (Lipinski definition) is 0. The molecule has 0 saturated carbocycles. The third kappa shape index (κ3) is 4.06. The van der Waals surface area contributed by atoms with Gasteiger partial charge in [-0.2, -0.15) is 5.10 Å². The van der Waals surface area contributed by atoms with Gasteiger partial charge in [0.2, 0.25) is 5.13 Å². The predicted molar refractivity (Wildman–Crippen MR) is 135 cm³/mol. The molecule has 1 aromatic carbocycles. The van der Waals surface area contributed by atoms with Crippen LogP contribution in [0.4, 0.5) is 0 Å². The number of benzene rings is 1. The Morgan fingerprint density at radius 3 is 2.62 bits per heavy atom. The summed E-state index contributed by atoms with van der Waals surface area (Å²) in [6.07, 6.45) is 7.84. The molecule has 0 spiro atoms. The van der Waals surface area contributed by atoms with Gasteiger partial charge in [0.25, 0.3) is 0 Å². The summed E-state index contributed by atoms with van der Waals surface area (Å²) in [5, 5.41) is 7.05. The Hall–Kier alpha value is -2.32. The number of fused-ring (bicyclic) bond motifs is 1. The highest BCUT2D eigenvalue weighted by molar-refractivity contribution is 8.01. The zero-order valence-electron chi connectivity index (χ0n) is 17.6.